The maximum atomic E-state index is 13.9. The number of rotatable bonds is 26. The Morgan fingerprint density at radius 2 is 1.20 bits per heavy atom. The van der Waals surface area contributed by atoms with E-state index >= 15 is 0 Å². The molecular weight excluding hydrogens is 1070 g/mol. The Bertz CT molecular complexity index is 2100. The zero-order valence-electron chi connectivity index (χ0n) is 33.8. The third kappa shape index (κ3) is 16.7. The van der Waals surface area contributed by atoms with E-state index in [1.165, 1.54) is 0 Å². The second-order valence-electron chi connectivity index (χ2n) is 14.2. The number of carbonyl (C=O) groups is 11. The molecule has 0 bridgehead atoms. The van der Waals surface area contributed by atoms with Crippen LogP contribution in [-0.2, 0) is 65.6 Å². The number of carboxylic acid groups (broad SMARTS) is 1. The molecule has 0 unspecified atom stereocenters. The highest BCUT2D eigenvalue weighted by Gasteiger charge is 2.67. The van der Waals surface area contributed by atoms with Gasteiger partial charge in [0.25, 0.3) is 0 Å². The summed E-state index contributed by atoms with van der Waals surface area (Å²) in [6.07, 6.45) is -2.38. The van der Waals surface area contributed by atoms with Crippen molar-refractivity contribution in [2.75, 3.05) is 26.2 Å². The van der Waals surface area contributed by atoms with E-state index in [4.69, 9.17) is 17.2 Å². The number of carboxylic acids is 1. The van der Waals surface area contributed by atoms with Gasteiger partial charge < -0.3 is 64.1 Å². The van der Waals surface area contributed by atoms with Gasteiger partial charge in [-0.15, -0.1) is 0 Å². The fourth-order valence-electron chi connectivity index (χ4n) is 6.16. The predicted molar refractivity (Wildman–Crippen MR) is 238 cm³/mol. The van der Waals surface area contributed by atoms with E-state index in [0.717, 1.165) is 7.14 Å². The van der Waals surface area contributed by atoms with Crippen LogP contribution in [0.3, 0.4) is 0 Å². The van der Waals surface area contributed by atoms with Gasteiger partial charge in [-0.1, -0.05) is 24.3 Å². The van der Waals surface area contributed by atoms with Crippen LogP contribution in [0.25, 0.3) is 0 Å². The molecule has 3 rings (SSSR count). The van der Waals surface area contributed by atoms with E-state index in [1.807, 2.05) is 0 Å². The topological polar surface area (TPSA) is 394 Å². The fourth-order valence-corrected chi connectivity index (χ4v) is 6.88. The van der Waals surface area contributed by atoms with Gasteiger partial charge in [0.05, 0.1) is 51.5 Å². The van der Waals surface area contributed by atoms with Gasteiger partial charge in [-0.3, -0.25) is 58.2 Å². The Morgan fingerprint density at radius 3 is 1.72 bits per heavy atom. The van der Waals surface area contributed by atoms with Crippen molar-refractivity contribution in [3.05, 3.63) is 66.8 Å². The number of hydrogen-bond donors (Lipinski definition) is 12. The van der Waals surface area contributed by atoms with Crippen molar-refractivity contribution >= 4 is 111 Å². The summed E-state index contributed by atoms with van der Waals surface area (Å²) in [6, 6.07) is 6.04. The van der Waals surface area contributed by atoms with Crippen LogP contribution < -0.4 is 54.4 Å². The van der Waals surface area contributed by atoms with Crippen molar-refractivity contribution in [1.82, 2.24) is 42.1 Å². The molecule has 1 fully saturated rings. The molecule has 0 aromatic heterocycles. The molecule has 1 aliphatic rings. The van der Waals surface area contributed by atoms with Crippen molar-refractivity contribution in [1.29, 1.82) is 0 Å². The Kier molecular flexibility index (Phi) is 20.4. The minimum Gasteiger partial charge on any atom is -0.481 e. The summed E-state index contributed by atoms with van der Waals surface area (Å²) in [6.45, 7) is -2.31. The molecule has 15 N–H and O–H groups in total. The lowest BCUT2D eigenvalue weighted by molar-refractivity contribution is -0.144. The summed E-state index contributed by atoms with van der Waals surface area (Å²) in [7, 11) is 0. The molecule has 2 aromatic carbocycles. The van der Waals surface area contributed by atoms with Gasteiger partial charge in [-0.25, -0.2) is 0 Å². The van der Waals surface area contributed by atoms with E-state index in [2.05, 4.69) is 82.4 Å². The van der Waals surface area contributed by atoms with Gasteiger partial charge >= 0.3 is 5.97 Å². The average Bonchev–Trinajstić information content (AvgIpc) is 3.80. The Morgan fingerprint density at radius 1 is 0.672 bits per heavy atom. The maximum absolute atomic E-state index is 13.9. The van der Waals surface area contributed by atoms with Crippen molar-refractivity contribution in [3.8, 4) is 0 Å². The number of nitrogens with zero attached hydrogens (tertiary/aromatic N) is 1. The summed E-state index contributed by atoms with van der Waals surface area (Å²) in [4.78, 5) is 138. The number of nitrogens with one attached hydrogen (secondary N) is 7. The Balaban J connectivity index is 1.71. The van der Waals surface area contributed by atoms with E-state index < -0.39 is 141 Å². The summed E-state index contributed by atoms with van der Waals surface area (Å²) >= 11 is 4.15. The maximum Gasteiger partial charge on any atom is 0.305 e. The number of hydrogen-bond acceptors (Lipinski definition) is 14. The van der Waals surface area contributed by atoms with Crippen LogP contribution in [0.4, 0.5) is 0 Å². The highest BCUT2D eigenvalue weighted by molar-refractivity contribution is 14.1. The number of aliphatic hydroxyl groups is 1. The molecule has 0 aliphatic carbocycles. The van der Waals surface area contributed by atoms with E-state index in [-0.39, 0.29) is 12.8 Å². The minimum absolute atomic E-state index is 0.0570. The van der Waals surface area contributed by atoms with Crippen LogP contribution in [0, 0.1) is 7.14 Å². The zero-order chi connectivity index (χ0) is 47.7. The normalized spacial score (nSPS) is 16.9. The summed E-state index contributed by atoms with van der Waals surface area (Å²) in [5.41, 5.74) is 17.3. The van der Waals surface area contributed by atoms with E-state index in [0.29, 0.717) is 22.3 Å². The molecule has 0 spiro atoms. The van der Waals surface area contributed by atoms with Crippen LogP contribution in [0.15, 0.2) is 48.5 Å². The number of benzene rings is 2. The molecule has 0 radical (unpaired) electrons. The standard InChI is InChI=1S/C38H47I2N11O13/c39-21-5-1-19(2-6-21)11-23(47-30(55)16-41)34(60)46-17-31(56)45-18-32(57)48-24(13-28(42)53)36(62)49-26(14-33(58)59)37(63)51-27(15-29(43)54)38(51,64)50-25(35(61)44-9-10-52)12-20-3-7-22(40)8-4-20/h1-8,10,23-27,50,64H,9,11-18,41H2,(H2,42,53)(H2,43,54)(H,44,61)(H,45,56)(H,46,60)(H,47,55)(H,48,57)(H,49,62)(H,58,59)/t23-,24-,25-,26-,27-,38-,51?/m0/s1. The number of aldehydes is 1. The quantitative estimate of drug-likeness (QED) is 0.0181. The first kappa shape index (κ1) is 52.5. The van der Waals surface area contributed by atoms with Gasteiger partial charge in [0.1, 0.15) is 30.5 Å². The summed E-state index contributed by atoms with van der Waals surface area (Å²) in [5.74, 6) is -13.1. The van der Waals surface area contributed by atoms with Crippen LogP contribution in [0.1, 0.15) is 30.4 Å². The van der Waals surface area contributed by atoms with Crippen molar-refractivity contribution in [3.63, 3.8) is 0 Å². The smallest absolute Gasteiger partial charge is 0.305 e. The minimum atomic E-state index is -2.53. The molecule has 1 saturated heterocycles. The molecule has 6 atom stereocenters. The monoisotopic (exact) mass is 1120 g/mol. The molecular formula is C38H47I2N11O13. The van der Waals surface area contributed by atoms with Crippen molar-refractivity contribution < 1.29 is 63.0 Å². The predicted octanol–water partition coefficient (Wildman–Crippen LogP) is -5.32. The van der Waals surface area contributed by atoms with Crippen LogP contribution in [0.2, 0.25) is 0 Å². The first-order chi connectivity index (χ1) is 30.2. The molecule has 2 aromatic rings. The number of halogens is 2. The molecule has 24 nitrogen and oxygen atoms in total. The third-order valence-corrected chi connectivity index (χ3v) is 10.7. The fraction of sp³-hybridized carbons (Fsp3) is 0.395. The first-order valence-electron chi connectivity index (χ1n) is 19.1. The van der Waals surface area contributed by atoms with Gasteiger partial charge in [0, 0.05) is 13.6 Å². The lowest BCUT2D eigenvalue weighted by atomic mass is 10.0. The van der Waals surface area contributed by atoms with Gasteiger partial charge in [0.2, 0.25) is 59.0 Å². The number of primary amides is 2. The summed E-state index contributed by atoms with van der Waals surface area (Å²) in [5, 5.41) is 37.5. The van der Waals surface area contributed by atoms with Gasteiger partial charge in [-0.05, 0) is 87.0 Å². The van der Waals surface area contributed by atoms with Crippen molar-refractivity contribution in [2.45, 2.75) is 68.2 Å². The molecule has 9 amide bonds. The zero-order valence-corrected chi connectivity index (χ0v) is 38.1. The van der Waals surface area contributed by atoms with Crippen LogP contribution in [0.5, 0.6) is 0 Å². The number of aliphatic carboxylic acids is 1. The van der Waals surface area contributed by atoms with E-state index in [9.17, 15) is 63.0 Å². The Hall–Kier alpha value is -5.85. The third-order valence-electron chi connectivity index (χ3n) is 9.23. The van der Waals surface area contributed by atoms with Crippen LogP contribution in [-0.4, -0.2) is 143 Å². The lowest BCUT2D eigenvalue weighted by Gasteiger charge is -2.25. The highest BCUT2D eigenvalue weighted by Crippen LogP contribution is 2.40. The molecule has 346 valence electrons. The second-order valence-corrected chi connectivity index (χ2v) is 16.7. The Labute approximate surface area is 391 Å². The highest BCUT2D eigenvalue weighted by atomic mass is 127. The largest absolute Gasteiger partial charge is 0.481 e. The first-order valence-corrected chi connectivity index (χ1v) is 21.3. The van der Waals surface area contributed by atoms with Crippen LogP contribution >= 0.6 is 45.2 Å². The number of carbonyl (C=O) groups excluding carboxylic acids is 10. The lowest BCUT2D eigenvalue weighted by Crippen LogP contribution is -2.57. The molecule has 0 saturated carbocycles. The van der Waals surface area contributed by atoms with Gasteiger partial charge in [0.15, 0.2) is 0 Å². The number of nitrogens with two attached hydrogens (primary N) is 3. The van der Waals surface area contributed by atoms with E-state index in [1.54, 1.807) is 48.5 Å². The number of amides is 9. The molecule has 26 heteroatoms. The average molecular weight is 1120 g/mol. The molecule has 64 heavy (non-hydrogen) atoms. The molecule has 1 aliphatic heterocycles. The molecule has 1 heterocycles. The SMILES string of the molecule is NCC(=O)N[C@@H](Cc1ccc(I)cc1)C(=O)NCC(=O)NCC(=O)N[C@@H](CC(N)=O)C(=O)N[C@@H](CC(=O)O)C(=O)N1[C@@H](CC(N)=O)[C@]1(O)N[C@@H](Cc1ccc(I)cc1)C(=O)NCC=O. The second kappa shape index (κ2) is 24.9. The summed E-state index contributed by atoms with van der Waals surface area (Å²) < 4.78 is 1.79. The van der Waals surface area contributed by atoms with Crippen molar-refractivity contribution in [2.24, 2.45) is 17.2 Å². The van der Waals surface area contributed by atoms with Gasteiger partial charge in [-0.2, -0.15) is 0 Å².